The van der Waals surface area contributed by atoms with Gasteiger partial charge >= 0.3 is 0 Å². The van der Waals surface area contributed by atoms with Crippen molar-refractivity contribution in [3.63, 3.8) is 0 Å². The van der Waals surface area contributed by atoms with Gasteiger partial charge in [-0.2, -0.15) is 17.0 Å². The molecule has 1 rings (SSSR count). The van der Waals surface area contributed by atoms with E-state index in [4.69, 9.17) is 4.74 Å². The van der Waals surface area contributed by atoms with Gasteiger partial charge in [-0.1, -0.05) is 0 Å². The summed E-state index contributed by atoms with van der Waals surface area (Å²) < 4.78 is 30.8. The van der Waals surface area contributed by atoms with Crippen LogP contribution < -0.4 is 0 Å². The Bertz CT molecular complexity index is 307. The number of ether oxygens (including phenoxy) is 1. The fraction of sp³-hybridized carbons (Fsp3) is 0.875. The Balaban J connectivity index is 2.54. The molecule has 0 bridgehead atoms. The predicted molar refractivity (Wildman–Crippen MR) is 54.4 cm³/mol. The molecule has 15 heavy (non-hydrogen) atoms. The first-order chi connectivity index (χ1) is 6.98. The molecule has 0 aromatic carbocycles. The van der Waals surface area contributed by atoms with Crippen LogP contribution in [0.2, 0.25) is 0 Å². The Morgan fingerprint density at radius 1 is 1.33 bits per heavy atom. The number of carbonyl (C=O) groups excluding carboxylic acids is 1. The predicted octanol–water partition coefficient (Wildman–Crippen LogP) is -0.570. The Labute approximate surface area is 90.0 Å². The summed E-state index contributed by atoms with van der Waals surface area (Å²) >= 11 is 0. The molecule has 0 aliphatic carbocycles. The highest BCUT2D eigenvalue weighted by Crippen LogP contribution is 2.16. The Hall–Kier alpha value is -0.660. The minimum Gasteiger partial charge on any atom is -0.464 e. The number of carbonyl (C=O) groups is 1. The normalized spacial score (nSPS) is 20.5. The summed E-state index contributed by atoms with van der Waals surface area (Å²) in [5.74, 6) is 0. The van der Waals surface area contributed by atoms with Crippen LogP contribution >= 0.6 is 0 Å². The summed E-state index contributed by atoms with van der Waals surface area (Å²) in [5.41, 5.74) is 0. The molecular weight excluding hydrogens is 220 g/mol. The summed E-state index contributed by atoms with van der Waals surface area (Å²) in [6.07, 6.45) is 0.980. The van der Waals surface area contributed by atoms with Gasteiger partial charge in [0.25, 0.3) is 16.7 Å². The van der Waals surface area contributed by atoms with Crippen molar-refractivity contribution in [2.45, 2.75) is 18.9 Å². The molecule has 0 amide bonds. The maximum absolute atomic E-state index is 11.7. The van der Waals surface area contributed by atoms with Gasteiger partial charge in [0.2, 0.25) is 0 Å². The Morgan fingerprint density at radius 3 is 2.27 bits per heavy atom. The molecule has 0 spiro atoms. The number of piperidine rings is 1. The molecule has 0 aromatic rings. The van der Waals surface area contributed by atoms with E-state index in [1.165, 1.54) is 22.7 Å². The van der Waals surface area contributed by atoms with E-state index in [0.29, 0.717) is 32.4 Å². The molecule has 88 valence electrons. The van der Waals surface area contributed by atoms with Gasteiger partial charge in [0, 0.05) is 27.2 Å². The molecule has 7 heteroatoms. The Morgan fingerprint density at radius 2 is 1.87 bits per heavy atom. The fourth-order valence-electron chi connectivity index (χ4n) is 1.51. The quantitative estimate of drug-likeness (QED) is 0.613. The first-order valence-electron chi connectivity index (χ1n) is 4.75. The van der Waals surface area contributed by atoms with Crippen LogP contribution in [0.3, 0.4) is 0 Å². The first-order valence-corrected chi connectivity index (χ1v) is 6.15. The topological polar surface area (TPSA) is 66.9 Å². The van der Waals surface area contributed by atoms with Crippen molar-refractivity contribution in [3.05, 3.63) is 0 Å². The molecule has 0 radical (unpaired) electrons. The van der Waals surface area contributed by atoms with E-state index in [1.807, 2.05) is 0 Å². The highest BCUT2D eigenvalue weighted by molar-refractivity contribution is 7.86. The highest BCUT2D eigenvalue weighted by atomic mass is 32.2. The van der Waals surface area contributed by atoms with E-state index in [1.54, 1.807) is 0 Å². The lowest BCUT2D eigenvalue weighted by molar-refractivity contribution is -0.135. The maximum atomic E-state index is 11.7. The number of rotatable bonds is 4. The number of hydrogen-bond donors (Lipinski definition) is 0. The molecule has 0 aromatic heterocycles. The highest BCUT2D eigenvalue weighted by Gasteiger charge is 2.29. The molecule has 1 heterocycles. The van der Waals surface area contributed by atoms with Gasteiger partial charge in [-0.15, -0.1) is 0 Å². The van der Waals surface area contributed by atoms with E-state index >= 15 is 0 Å². The average Bonchev–Trinajstić information content (AvgIpc) is 2.19. The summed E-state index contributed by atoms with van der Waals surface area (Å²) in [7, 11) is -0.309. The smallest absolute Gasteiger partial charge is 0.293 e. The van der Waals surface area contributed by atoms with Gasteiger partial charge in [-0.05, 0) is 12.8 Å². The zero-order valence-electron chi connectivity index (χ0n) is 8.92. The van der Waals surface area contributed by atoms with Crippen molar-refractivity contribution < 1.29 is 17.9 Å². The van der Waals surface area contributed by atoms with Gasteiger partial charge in [0.05, 0.1) is 0 Å². The average molecular weight is 236 g/mol. The monoisotopic (exact) mass is 236 g/mol. The van der Waals surface area contributed by atoms with Crippen LogP contribution in [-0.2, 0) is 19.7 Å². The molecule has 0 atom stereocenters. The van der Waals surface area contributed by atoms with Crippen LogP contribution in [0.15, 0.2) is 0 Å². The molecule has 1 fully saturated rings. The first kappa shape index (κ1) is 12.4. The molecule has 0 saturated carbocycles. The van der Waals surface area contributed by atoms with Gasteiger partial charge in [-0.25, -0.2) is 0 Å². The summed E-state index contributed by atoms with van der Waals surface area (Å²) in [5, 5.41) is 0. The van der Waals surface area contributed by atoms with E-state index < -0.39 is 10.2 Å². The molecule has 1 aliphatic rings. The molecular formula is C8H16N2O4S. The van der Waals surface area contributed by atoms with E-state index in [2.05, 4.69) is 0 Å². The zero-order valence-corrected chi connectivity index (χ0v) is 9.74. The van der Waals surface area contributed by atoms with Crippen molar-refractivity contribution in [2.75, 3.05) is 27.2 Å². The zero-order chi connectivity index (χ0) is 11.5. The summed E-state index contributed by atoms with van der Waals surface area (Å²) in [6.45, 7) is 1.22. The van der Waals surface area contributed by atoms with Crippen molar-refractivity contribution in [3.8, 4) is 0 Å². The third-order valence-corrected chi connectivity index (χ3v) is 4.38. The second-order valence-corrected chi connectivity index (χ2v) is 5.76. The molecule has 0 N–H and O–H groups in total. The minimum absolute atomic E-state index is 0.142. The van der Waals surface area contributed by atoms with Crippen LogP contribution in [0.25, 0.3) is 0 Å². The van der Waals surface area contributed by atoms with E-state index in [-0.39, 0.29) is 6.10 Å². The number of nitrogens with zero attached hydrogens (tertiary/aromatic N) is 2. The van der Waals surface area contributed by atoms with E-state index in [9.17, 15) is 13.2 Å². The van der Waals surface area contributed by atoms with Crippen LogP contribution in [-0.4, -0.2) is 56.8 Å². The lowest BCUT2D eigenvalue weighted by Gasteiger charge is -2.31. The van der Waals surface area contributed by atoms with Crippen molar-refractivity contribution >= 4 is 16.7 Å². The van der Waals surface area contributed by atoms with Crippen molar-refractivity contribution in [2.24, 2.45) is 0 Å². The molecule has 1 aliphatic heterocycles. The minimum atomic E-state index is -3.32. The van der Waals surface area contributed by atoms with Crippen LogP contribution in [0, 0.1) is 0 Å². The van der Waals surface area contributed by atoms with Crippen molar-refractivity contribution in [1.29, 1.82) is 0 Å². The second kappa shape index (κ2) is 4.91. The fourth-order valence-corrected chi connectivity index (χ4v) is 2.64. The SMILES string of the molecule is CN(C)S(=O)(=O)N1CCC(OC=O)CC1. The lowest BCUT2D eigenvalue weighted by atomic mass is 10.1. The van der Waals surface area contributed by atoms with Crippen LogP contribution in [0.1, 0.15) is 12.8 Å². The largest absolute Gasteiger partial charge is 0.464 e. The second-order valence-electron chi connectivity index (χ2n) is 3.62. The lowest BCUT2D eigenvalue weighted by Crippen LogP contribution is -2.45. The van der Waals surface area contributed by atoms with Gasteiger partial charge < -0.3 is 4.74 Å². The maximum Gasteiger partial charge on any atom is 0.293 e. The van der Waals surface area contributed by atoms with Gasteiger partial charge in [-0.3, -0.25) is 4.79 Å². The van der Waals surface area contributed by atoms with Gasteiger partial charge in [0.15, 0.2) is 0 Å². The van der Waals surface area contributed by atoms with Gasteiger partial charge in [0.1, 0.15) is 6.10 Å². The third kappa shape index (κ3) is 2.90. The summed E-state index contributed by atoms with van der Waals surface area (Å²) in [4.78, 5) is 10.1. The third-order valence-electron chi connectivity index (χ3n) is 2.44. The Kier molecular flexibility index (Phi) is 4.06. The summed E-state index contributed by atoms with van der Waals surface area (Å²) in [6, 6.07) is 0. The van der Waals surface area contributed by atoms with Crippen LogP contribution in [0.5, 0.6) is 0 Å². The number of hydrogen-bond acceptors (Lipinski definition) is 4. The van der Waals surface area contributed by atoms with Crippen LogP contribution in [0.4, 0.5) is 0 Å². The van der Waals surface area contributed by atoms with E-state index in [0.717, 1.165) is 0 Å². The molecule has 0 unspecified atom stereocenters. The molecule has 1 saturated heterocycles. The standard InChI is InChI=1S/C8H16N2O4S/c1-9(2)15(12,13)10-5-3-8(4-6-10)14-7-11/h7-8H,3-6H2,1-2H3. The van der Waals surface area contributed by atoms with Crippen molar-refractivity contribution in [1.82, 2.24) is 8.61 Å². The molecule has 6 nitrogen and oxygen atoms in total.